The Morgan fingerprint density at radius 3 is 2.37 bits per heavy atom. The summed E-state index contributed by atoms with van der Waals surface area (Å²) in [5.74, 6) is 0.700. The molecule has 0 aliphatic rings. The third kappa shape index (κ3) is 6.42. The largest absolute Gasteiger partial charge is 0.490 e. The Hall–Kier alpha value is -2.16. The molecule has 10 heteroatoms. The van der Waals surface area contributed by atoms with Gasteiger partial charge in [-0.05, 0) is 43.7 Å². The van der Waals surface area contributed by atoms with Crippen molar-refractivity contribution >= 4 is 44.8 Å². The van der Waals surface area contributed by atoms with E-state index in [1.165, 1.54) is 12.1 Å². The highest BCUT2D eigenvalue weighted by molar-refractivity contribution is 7.92. The van der Waals surface area contributed by atoms with E-state index in [1.54, 1.807) is 24.3 Å². The van der Waals surface area contributed by atoms with Crippen LogP contribution in [0, 0.1) is 0 Å². The van der Waals surface area contributed by atoms with Crippen LogP contribution < -0.4 is 19.1 Å². The van der Waals surface area contributed by atoms with E-state index in [9.17, 15) is 13.2 Å². The number of halogens is 2. The number of benzene rings is 2. The highest BCUT2D eigenvalue weighted by atomic mass is 35.5. The van der Waals surface area contributed by atoms with E-state index in [4.69, 9.17) is 32.7 Å². The predicted octanol–water partition coefficient (Wildman–Crippen LogP) is 3.87. The molecule has 0 aromatic heterocycles. The Morgan fingerprint density at radius 1 is 1.07 bits per heavy atom. The molecule has 0 fully saturated rings. The SMILES string of the molecule is CCOc1ccc(CNC(=O)CN(c2cccc(Cl)c2Cl)S(C)(=O)=O)cc1OCC. The van der Waals surface area contributed by atoms with Crippen molar-refractivity contribution in [2.75, 3.05) is 30.3 Å². The fourth-order valence-corrected chi connectivity index (χ4v) is 3.97. The monoisotopic (exact) mass is 474 g/mol. The first-order valence-corrected chi connectivity index (χ1v) is 11.8. The summed E-state index contributed by atoms with van der Waals surface area (Å²) in [6.45, 7) is 4.47. The Labute approximate surface area is 186 Å². The minimum Gasteiger partial charge on any atom is -0.490 e. The molecular weight excluding hydrogens is 451 g/mol. The van der Waals surface area contributed by atoms with Gasteiger partial charge in [0.25, 0.3) is 0 Å². The Bertz CT molecular complexity index is 999. The molecule has 164 valence electrons. The number of nitrogens with zero attached hydrogens (tertiary/aromatic N) is 1. The minimum atomic E-state index is -3.77. The van der Waals surface area contributed by atoms with E-state index in [-0.39, 0.29) is 22.3 Å². The van der Waals surface area contributed by atoms with Gasteiger partial charge in [-0.25, -0.2) is 8.42 Å². The van der Waals surface area contributed by atoms with Gasteiger partial charge in [0.15, 0.2) is 11.5 Å². The van der Waals surface area contributed by atoms with Gasteiger partial charge in [0.2, 0.25) is 15.9 Å². The lowest BCUT2D eigenvalue weighted by Gasteiger charge is -2.23. The first kappa shape index (κ1) is 24.1. The zero-order valence-electron chi connectivity index (χ0n) is 16.9. The average Bonchev–Trinajstić information content (AvgIpc) is 2.68. The molecule has 1 N–H and O–H groups in total. The molecule has 0 bridgehead atoms. The molecule has 2 aromatic carbocycles. The Balaban J connectivity index is 2.13. The molecule has 30 heavy (non-hydrogen) atoms. The van der Waals surface area contributed by atoms with E-state index in [0.29, 0.717) is 24.7 Å². The van der Waals surface area contributed by atoms with E-state index in [1.807, 2.05) is 13.8 Å². The van der Waals surface area contributed by atoms with E-state index in [0.717, 1.165) is 16.1 Å². The van der Waals surface area contributed by atoms with Crippen molar-refractivity contribution in [3.63, 3.8) is 0 Å². The number of carbonyl (C=O) groups is 1. The molecule has 0 aliphatic carbocycles. The number of nitrogens with one attached hydrogen (secondary N) is 1. The van der Waals surface area contributed by atoms with E-state index >= 15 is 0 Å². The van der Waals surface area contributed by atoms with Crippen LogP contribution in [0.2, 0.25) is 10.0 Å². The van der Waals surface area contributed by atoms with Crippen LogP contribution in [-0.4, -0.2) is 40.3 Å². The Morgan fingerprint density at radius 2 is 1.73 bits per heavy atom. The van der Waals surface area contributed by atoms with Crippen molar-refractivity contribution in [3.8, 4) is 11.5 Å². The van der Waals surface area contributed by atoms with Gasteiger partial charge in [-0.3, -0.25) is 9.10 Å². The van der Waals surface area contributed by atoms with Crippen LogP contribution in [0.5, 0.6) is 11.5 Å². The molecule has 0 spiro atoms. The number of hydrogen-bond acceptors (Lipinski definition) is 5. The van der Waals surface area contributed by atoms with E-state index in [2.05, 4.69) is 5.32 Å². The van der Waals surface area contributed by atoms with Crippen molar-refractivity contribution in [2.24, 2.45) is 0 Å². The molecule has 7 nitrogen and oxygen atoms in total. The quantitative estimate of drug-likeness (QED) is 0.564. The molecule has 0 saturated carbocycles. The van der Waals surface area contributed by atoms with Gasteiger partial charge >= 0.3 is 0 Å². The van der Waals surface area contributed by atoms with Gasteiger partial charge in [0.1, 0.15) is 6.54 Å². The lowest BCUT2D eigenvalue weighted by atomic mass is 10.2. The number of carbonyl (C=O) groups excluding carboxylic acids is 1. The van der Waals surface area contributed by atoms with Crippen LogP contribution in [0.25, 0.3) is 0 Å². The van der Waals surface area contributed by atoms with Crippen molar-refractivity contribution in [1.29, 1.82) is 0 Å². The zero-order chi connectivity index (χ0) is 22.3. The molecular formula is C20H24Cl2N2O5S. The fourth-order valence-electron chi connectivity index (χ4n) is 2.66. The topological polar surface area (TPSA) is 84.9 Å². The standard InChI is InChI=1S/C20H24Cl2N2O5S/c1-4-28-17-10-9-14(11-18(17)29-5-2)12-23-19(25)13-24(30(3,26)27)16-8-6-7-15(21)20(16)22/h6-11H,4-5,12-13H2,1-3H3,(H,23,25). The minimum absolute atomic E-state index is 0.0604. The lowest BCUT2D eigenvalue weighted by molar-refractivity contribution is -0.119. The molecule has 0 radical (unpaired) electrons. The number of rotatable bonds is 10. The second-order valence-electron chi connectivity index (χ2n) is 6.27. The van der Waals surface area contributed by atoms with Gasteiger partial charge in [0, 0.05) is 6.54 Å². The first-order chi connectivity index (χ1) is 14.2. The van der Waals surface area contributed by atoms with Crippen molar-refractivity contribution in [2.45, 2.75) is 20.4 Å². The number of amides is 1. The number of sulfonamides is 1. The normalized spacial score (nSPS) is 11.1. The second-order valence-corrected chi connectivity index (χ2v) is 8.96. The van der Waals surface area contributed by atoms with Crippen molar-refractivity contribution < 1.29 is 22.7 Å². The third-order valence-electron chi connectivity index (χ3n) is 3.98. The summed E-state index contributed by atoms with van der Waals surface area (Å²) >= 11 is 12.1. The van der Waals surface area contributed by atoms with Crippen LogP contribution >= 0.6 is 23.2 Å². The highest BCUT2D eigenvalue weighted by Crippen LogP contribution is 2.33. The summed E-state index contributed by atoms with van der Waals surface area (Å²) in [4.78, 5) is 12.5. The fraction of sp³-hybridized carbons (Fsp3) is 0.350. The van der Waals surface area contributed by atoms with Crippen LogP contribution in [-0.2, 0) is 21.4 Å². The maximum atomic E-state index is 12.5. The highest BCUT2D eigenvalue weighted by Gasteiger charge is 2.23. The molecule has 1 amide bonds. The Kier molecular flexibility index (Phi) is 8.64. The number of anilines is 1. The van der Waals surface area contributed by atoms with Gasteiger partial charge < -0.3 is 14.8 Å². The summed E-state index contributed by atoms with van der Waals surface area (Å²) in [5.41, 5.74) is 0.920. The van der Waals surface area contributed by atoms with Crippen LogP contribution in [0.1, 0.15) is 19.4 Å². The number of hydrogen-bond donors (Lipinski definition) is 1. The van der Waals surface area contributed by atoms with Gasteiger partial charge in [-0.15, -0.1) is 0 Å². The predicted molar refractivity (Wildman–Crippen MR) is 119 cm³/mol. The maximum Gasteiger partial charge on any atom is 0.241 e. The smallest absolute Gasteiger partial charge is 0.241 e. The second kappa shape index (κ2) is 10.7. The molecule has 2 rings (SSSR count). The van der Waals surface area contributed by atoms with E-state index < -0.39 is 22.5 Å². The molecule has 0 aliphatic heterocycles. The molecule has 0 heterocycles. The van der Waals surface area contributed by atoms with Crippen LogP contribution in [0.15, 0.2) is 36.4 Å². The first-order valence-electron chi connectivity index (χ1n) is 9.24. The molecule has 0 saturated heterocycles. The van der Waals surface area contributed by atoms with Gasteiger partial charge in [-0.1, -0.05) is 35.3 Å². The summed E-state index contributed by atoms with van der Waals surface area (Å²) in [6.07, 6.45) is 0.998. The van der Waals surface area contributed by atoms with Crippen molar-refractivity contribution in [1.82, 2.24) is 5.32 Å². The molecule has 2 aromatic rings. The maximum absolute atomic E-state index is 12.5. The molecule has 0 unspecified atom stereocenters. The van der Waals surface area contributed by atoms with Crippen LogP contribution in [0.4, 0.5) is 5.69 Å². The zero-order valence-corrected chi connectivity index (χ0v) is 19.3. The van der Waals surface area contributed by atoms with Gasteiger partial charge in [-0.2, -0.15) is 0 Å². The summed E-state index contributed by atoms with van der Waals surface area (Å²) in [5, 5.41) is 2.96. The summed E-state index contributed by atoms with van der Waals surface area (Å²) < 4.78 is 36.5. The summed E-state index contributed by atoms with van der Waals surface area (Å²) in [7, 11) is -3.77. The number of ether oxygens (including phenoxy) is 2. The van der Waals surface area contributed by atoms with Crippen LogP contribution in [0.3, 0.4) is 0 Å². The van der Waals surface area contributed by atoms with Gasteiger partial charge in [0.05, 0.1) is 35.2 Å². The average molecular weight is 475 g/mol. The molecule has 0 atom stereocenters. The summed E-state index contributed by atoms with van der Waals surface area (Å²) in [6, 6.07) is 9.94. The third-order valence-corrected chi connectivity index (χ3v) is 5.92. The lowest BCUT2D eigenvalue weighted by Crippen LogP contribution is -2.40. The van der Waals surface area contributed by atoms with Crippen molar-refractivity contribution in [3.05, 3.63) is 52.0 Å².